The molecule has 6 nitrogen and oxygen atoms in total. The number of methoxy groups -OCH3 is 2. The highest BCUT2D eigenvalue weighted by atomic mass is 16.5. The second-order valence-corrected chi connectivity index (χ2v) is 3.77. The summed E-state index contributed by atoms with van der Waals surface area (Å²) in [6.07, 6.45) is 0.224. The maximum atomic E-state index is 11.8. The highest BCUT2D eigenvalue weighted by molar-refractivity contribution is 5.97. The zero-order chi connectivity index (χ0) is 14.4. The van der Waals surface area contributed by atoms with Crippen LogP contribution in [0.25, 0.3) is 0 Å². The number of carbonyl (C=O) groups excluding carboxylic acids is 1. The van der Waals surface area contributed by atoms with Gasteiger partial charge in [0, 0.05) is 18.2 Å². The second kappa shape index (κ2) is 6.63. The van der Waals surface area contributed by atoms with Crippen molar-refractivity contribution in [1.82, 2.24) is 0 Å². The Bertz CT molecular complexity index is 472. The molecular formula is C13H17NO5. The van der Waals surface area contributed by atoms with E-state index in [4.69, 9.17) is 14.6 Å². The summed E-state index contributed by atoms with van der Waals surface area (Å²) in [6.45, 7) is 1.29. The molecule has 0 bridgehead atoms. The van der Waals surface area contributed by atoms with Gasteiger partial charge in [0.2, 0.25) is 5.91 Å². The number of rotatable bonds is 6. The van der Waals surface area contributed by atoms with Crippen LogP contribution < -0.4 is 14.4 Å². The molecule has 0 saturated carbocycles. The van der Waals surface area contributed by atoms with Crippen molar-refractivity contribution in [2.45, 2.75) is 13.3 Å². The molecule has 1 aromatic carbocycles. The van der Waals surface area contributed by atoms with Gasteiger partial charge in [-0.25, -0.2) is 0 Å². The van der Waals surface area contributed by atoms with E-state index in [1.165, 1.54) is 19.1 Å². The van der Waals surface area contributed by atoms with Crippen molar-refractivity contribution in [3.63, 3.8) is 0 Å². The van der Waals surface area contributed by atoms with Crippen molar-refractivity contribution in [2.75, 3.05) is 25.7 Å². The lowest BCUT2D eigenvalue weighted by Gasteiger charge is -2.21. The molecule has 0 aliphatic rings. The van der Waals surface area contributed by atoms with Crippen LogP contribution in [0.4, 0.5) is 5.69 Å². The summed E-state index contributed by atoms with van der Waals surface area (Å²) >= 11 is 0. The number of hydrogen-bond acceptors (Lipinski definition) is 4. The Kier molecular flexibility index (Phi) is 5.17. The molecule has 1 aromatic rings. The zero-order valence-electron chi connectivity index (χ0n) is 11.2. The maximum absolute atomic E-state index is 11.8. The van der Waals surface area contributed by atoms with Gasteiger partial charge in [-0.05, 0) is 12.1 Å². The fourth-order valence-electron chi connectivity index (χ4n) is 1.64. The van der Waals surface area contributed by atoms with Gasteiger partial charge in [-0.3, -0.25) is 9.59 Å². The summed E-state index contributed by atoms with van der Waals surface area (Å²) in [5.41, 5.74) is 0.465. The summed E-state index contributed by atoms with van der Waals surface area (Å²) in [4.78, 5) is 23.8. The number of anilines is 1. The monoisotopic (exact) mass is 267 g/mol. The molecule has 0 aliphatic heterocycles. The third kappa shape index (κ3) is 3.61. The molecule has 104 valence electrons. The lowest BCUT2D eigenvalue weighted by Crippen LogP contribution is -2.35. The van der Waals surface area contributed by atoms with Crippen LogP contribution in [0.2, 0.25) is 0 Å². The summed E-state index contributed by atoms with van der Waals surface area (Å²) < 4.78 is 10.2. The molecule has 0 aliphatic carbocycles. The molecule has 0 unspecified atom stereocenters. The van der Waals surface area contributed by atoms with Crippen molar-refractivity contribution in [1.29, 1.82) is 0 Å². The van der Waals surface area contributed by atoms with Gasteiger partial charge in [0.15, 0.2) is 11.5 Å². The summed E-state index contributed by atoms with van der Waals surface area (Å²) in [6, 6.07) is 4.83. The third-order valence-corrected chi connectivity index (χ3v) is 2.58. The van der Waals surface area contributed by atoms with Gasteiger partial charge in [0.1, 0.15) is 6.54 Å². The van der Waals surface area contributed by atoms with E-state index in [1.807, 2.05) is 0 Å². The van der Waals surface area contributed by atoms with Crippen molar-refractivity contribution in [3.05, 3.63) is 18.2 Å². The van der Waals surface area contributed by atoms with E-state index in [-0.39, 0.29) is 18.9 Å². The van der Waals surface area contributed by atoms with E-state index in [2.05, 4.69) is 0 Å². The van der Waals surface area contributed by atoms with E-state index in [1.54, 1.807) is 25.1 Å². The number of nitrogens with zero attached hydrogens (tertiary/aromatic N) is 1. The topological polar surface area (TPSA) is 76.1 Å². The van der Waals surface area contributed by atoms with E-state index >= 15 is 0 Å². The van der Waals surface area contributed by atoms with Gasteiger partial charge in [-0.1, -0.05) is 6.92 Å². The minimum atomic E-state index is -1.07. The first-order valence-corrected chi connectivity index (χ1v) is 5.77. The van der Waals surface area contributed by atoms with Gasteiger partial charge < -0.3 is 19.5 Å². The Morgan fingerprint density at radius 1 is 1.21 bits per heavy atom. The van der Waals surface area contributed by atoms with Crippen molar-refractivity contribution < 1.29 is 24.2 Å². The Morgan fingerprint density at radius 2 is 1.84 bits per heavy atom. The van der Waals surface area contributed by atoms with Crippen molar-refractivity contribution >= 4 is 17.6 Å². The van der Waals surface area contributed by atoms with Crippen LogP contribution in [0.5, 0.6) is 11.5 Å². The SMILES string of the molecule is CCC(=O)N(CC(=O)O)c1ccc(OC)c(OC)c1. The maximum Gasteiger partial charge on any atom is 0.323 e. The molecule has 0 fully saturated rings. The molecule has 0 radical (unpaired) electrons. The number of benzene rings is 1. The highest BCUT2D eigenvalue weighted by Crippen LogP contribution is 2.31. The van der Waals surface area contributed by atoms with E-state index < -0.39 is 5.97 Å². The number of carbonyl (C=O) groups is 2. The number of carboxylic acid groups (broad SMARTS) is 1. The molecule has 1 amide bonds. The molecule has 19 heavy (non-hydrogen) atoms. The van der Waals surface area contributed by atoms with Gasteiger partial charge >= 0.3 is 5.97 Å². The molecule has 0 saturated heterocycles. The lowest BCUT2D eigenvalue weighted by molar-refractivity contribution is -0.136. The fraction of sp³-hybridized carbons (Fsp3) is 0.385. The minimum absolute atomic E-state index is 0.224. The van der Waals surface area contributed by atoms with Crippen LogP contribution in [0.15, 0.2) is 18.2 Å². The number of amides is 1. The molecule has 0 heterocycles. The minimum Gasteiger partial charge on any atom is -0.493 e. The number of aliphatic carboxylic acids is 1. The lowest BCUT2D eigenvalue weighted by atomic mass is 10.2. The van der Waals surface area contributed by atoms with Gasteiger partial charge in [-0.2, -0.15) is 0 Å². The van der Waals surface area contributed by atoms with Gasteiger partial charge in [-0.15, -0.1) is 0 Å². The summed E-state index contributed by atoms with van der Waals surface area (Å²) in [5, 5.41) is 8.87. The quantitative estimate of drug-likeness (QED) is 0.846. The van der Waals surface area contributed by atoms with Crippen LogP contribution in [0, 0.1) is 0 Å². The van der Waals surface area contributed by atoms with Crippen LogP contribution in [0.1, 0.15) is 13.3 Å². The molecule has 6 heteroatoms. The number of hydrogen-bond donors (Lipinski definition) is 1. The van der Waals surface area contributed by atoms with E-state index in [9.17, 15) is 9.59 Å². The highest BCUT2D eigenvalue weighted by Gasteiger charge is 2.18. The van der Waals surface area contributed by atoms with E-state index in [0.717, 1.165) is 0 Å². The Hall–Kier alpha value is -2.24. The molecule has 0 spiro atoms. The zero-order valence-corrected chi connectivity index (χ0v) is 11.2. The largest absolute Gasteiger partial charge is 0.493 e. The Labute approximate surface area is 111 Å². The Morgan fingerprint density at radius 3 is 2.32 bits per heavy atom. The molecule has 1 N–H and O–H groups in total. The summed E-state index contributed by atoms with van der Waals surface area (Å²) in [7, 11) is 2.98. The summed E-state index contributed by atoms with van der Waals surface area (Å²) in [5.74, 6) is -0.379. The first kappa shape index (κ1) is 14.8. The fourth-order valence-corrected chi connectivity index (χ4v) is 1.64. The van der Waals surface area contributed by atoms with Gasteiger partial charge in [0.25, 0.3) is 0 Å². The molecule has 1 rings (SSSR count). The average molecular weight is 267 g/mol. The number of ether oxygens (including phenoxy) is 2. The van der Waals surface area contributed by atoms with Crippen LogP contribution in [0.3, 0.4) is 0 Å². The first-order valence-electron chi connectivity index (χ1n) is 5.77. The van der Waals surface area contributed by atoms with Crippen molar-refractivity contribution in [2.24, 2.45) is 0 Å². The molecular weight excluding hydrogens is 250 g/mol. The van der Waals surface area contributed by atoms with Crippen LogP contribution >= 0.6 is 0 Å². The molecule has 0 atom stereocenters. The second-order valence-electron chi connectivity index (χ2n) is 3.77. The predicted octanol–water partition coefficient (Wildman–Crippen LogP) is 1.53. The Balaban J connectivity index is 3.15. The van der Waals surface area contributed by atoms with Crippen LogP contribution in [-0.2, 0) is 9.59 Å². The van der Waals surface area contributed by atoms with Crippen LogP contribution in [-0.4, -0.2) is 37.7 Å². The third-order valence-electron chi connectivity index (χ3n) is 2.58. The van der Waals surface area contributed by atoms with Gasteiger partial charge in [0.05, 0.1) is 14.2 Å². The predicted molar refractivity (Wildman–Crippen MR) is 69.8 cm³/mol. The number of carboxylic acids is 1. The van der Waals surface area contributed by atoms with Crippen molar-refractivity contribution in [3.8, 4) is 11.5 Å². The standard InChI is InChI=1S/C13H17NO5/c1-4-12(15)14(8-13(16)17)9-5-6-10(18-2)11(7-9)19-3/h5-7H,4,8H2,1-3H3,(H,16,17). The smallest absolute Gasteiger partial charge is 0.323 e. The average Bonchev–Trinajstić information content (AvgIpc) is 2.42. The molecule has 0 aromatic heterocycles. The first-order chi connectivity index (χ1) is 9.03. The van der Waals surface area contributed by atoms with E-state index in [0.29, 0.717) is 17.2 Å². The normalized spacial score (nSPS) is 9.84.